The highest BCUT2D eigenvalue weighted by Crippen LogP contribution is 2.26. The van der Waals surface area contributed by atoms with Gasteiger partial charge in [0.1, 0.15) is 5.75 Å². The molecule has 1 aromatic carbocycles. The van der Waals surface area contributed by atoms with E-state index in [1.54, 1.807) is 25.3 Å². The number of thiazole rings is 1. The van der Waals surface area contributed by atoms with Crippen LogP contribution in [0.1, 0.15) is 6.92 Å². The number of amides is 1. The van der Waals surface area contributed by atoms with E-state index in [1.165, 1.54) is 11.3 Å². The molecule has 3 N–H and O–H groups in total. The van der Waals surface area contributed by atoms with E-state index in [0.717, 1.165) is 10.2 Å². The van der Waals surface area contributed by atoms with Gasteiger partial charge in [-0.05, 0) is 25.1 Å². The number of anilines is 1. The van der Waals surface area contributed by atoms with Gasteiger partial charge in [-0.3, -0.25) is 9.00 Å². The highest BCUT2D eigenvalue weighted by atomic mass is 32.2. The SMILES string of the molecule is COCC(C)NC(=O)CS(=O)c1nc2ccc(N)cc2s1. The first kappa shape index (κ1) is 15.9. The molecule has 114 valence electrons. The molecule has 0 spiro atoms. The smallest absolute Gasteiger partial charge is 0.233 e. The Hall–Kier alpha value is -1.51. The van der Waals surface area contributed by atoms with Crippen molar-refractivity contribution in [3.8, 4) is 0 Å². The second-order valence-electron chi connectivity index (χ2n) is 4.62. The number of benzene rings is 1. The van der Waals surface area contributed by atoms with E-state index < -0.39 is 10.8 Å². The summed E-state index contributed by atoms with van der Waals surface area (Å²) in [7, 11) is 0.104. The number of fused-ring (bicyclic) bond motifs is 1. The third-order valence-corrected chi connectivity index (χ3v) is 5.30. The van der Waals surface area contributed by atoms with Crippen molar-refractivity contribution in [3.05, 3.63) is 18.2 Å². The summed E-state index contributed by atoms with van der Waals surface area (Å²) < 4.78 is 18.4. The van der Waals surface area contributed by atoms with Crippen molar-refractivity contribution in [2.24, 2.45) is 0 Å². The summed E-state index contributed by atoms with van der Waals surface area (Å²) in [6.45, 7) is 2.24. The number of ether oxygens (including phenoxy) is 1. The number of aromatic nitrogens is 1. The maximum atomic E-state index is 12.2. The predicted octanol–water partition coefficient (Wildman–Crippen LogP) is 1.14. The lowest BCUT2D eigenvalue weighted by molar-refractivity contribution is -0.119. The third kappa shape index (κ3) is 4.23. The molecule has 0 aliphatic heterocycles. The molecule has 0 fully saturated rings. The monoisotopic (exact) mass is 327 g/mol. The fourth-order valence-corrected chi connectivity index (χ4v) is 4.01. The van der Waals surface area contributed by atoms with Gasteiger partial charge < -0.3 is 15.8 Å². The lowest BCUT2D eigenvalue weighted by Crippen LogP contribution is -2.38. The molecule has 0 bridgehead atoms. The minimum Gasteiger partial charge on any atom is -0.399 e. The summed E-state index contributed by atoms with van der Waals surface area (Å²) in [4.78, 5) is 16.1. The summed E-state index contributed by atoms with van der Waals surface area (Å²) >= 11 is 1.29. The Morgan fingerprint density at radius 1 is 1.57 bits per heavy atom. The number of nitrogen functional groups attached to an aromatic ring is 1. The van der Waals surface area contributed by atoms with Crippen molar-refractivity contribution in [1.82, 2.24) is 10.3 Å². The molecule has 1 amide bonds. The molecule has 2 unspecified atom stereocenters. The van der Waals surface area contributed by atoms with Crippen LogP contribution in [-0.4, -0.2) is 40.6 Å². The molecule has 8 heteroatoms. The number of hydrogen-bond donors (Lipinski definition) is 2. The Morgan fingerprint density at radius 2 is 2.33 bits per heavy atom. The topological polar surface area (TPSA) is 94.3 Å². The maximum Gasteiger partial charge on any atom is 0.233 e. The first-order valence-electron chi connectivity index (χ1n) is 6.32. The van der Waals surface area contributed by atoms with Crippen LogP contribution in [0.5, 0.6) is 0 Å². The summed E-state index contributed by atoms with van der Waals surface area (Å²) in [5.41, 5.74) is 7.08. The molecule has 2 atom stereocenters. The van der Waals surface area contributed by atoms with Crippen molar-refractivity contribution in [2.45, 2.75) is 17.3 Å². The molecular formula is C13H17N3O3S2. The Morgan fingerprint density at radius 3 is 3.05 bits per heavy atom. The van der Waals surface area contributed by atoms with Crippen molar-refractivity contribution in [2.75, 3.05) is 25.2 Å². The average Bonchev–Trinajstić information content (AvgIpc) is 2.81. The van der Waals surface area contributed by atoms with Gasteiger partial charge in [-0.2, -0.15) is 0 Å². The number of carbonyl (C=O) groups excluding carboxylic acids is 1. The Bertz CT molecular complexity index is 672. The van der Waals surface area contributed by atoms with Gasteiger partial charge in [0.15, 0.2) is 4.34 Å². The molecule has 21 heavy (non-hydrogen) atoms. The lowest BCUT2D eigenvalue weighted by Gasteiger charge is -2.11. The number of methoxy groups -OCH3 is 1. The zero-order valence-corrected chi connectivity index (χ0v) is 13.4. The molecule has 0 saturated heterocycles. The van der Waals surface area contributed by atoms with Gasteiger partial charge in [-0.15, -0.1) is 11.3 Å². The molecule has 2 aromatic rings. The van der Waals surface area contributed by atoms with Gasteiger partial charge in [-0.25, -0.2) is 4.98 Å². The average molecular weight is 327 g/mol. The minimum absolute atomic E-state index is 0.108. The standard InChI is InChI=1S/C13H17N3O3S2/c1-8(6-19-2)15-12(17)7-21(18)13-16-10-4-3-9(14)5-11(10)20-13/h3-5,8H,6-7,14H2,1-2H3,(H,15,17). The Kier molecular flexibility index (Phi) is 5.27. The van der Waals surface area contributed by atoms with Crippen molar-refractivity contribution < 1.29 is 13.7 Å². The molecule has 2 rings (SSSR count). The zero-order valence-electron chi connectivity index (χ0n) is 11.8. The molecule has 0 saturated carbocycles. The number of nitrogens with two attached hydrogens (primary N) is 1. The van der Waals surface area contributed by atoms with Crippen LogP contribution < -0.4 is 11.1 Å². The van der Waals surface area contributed by atoms with E-state index >= 15 is 0 Å². The van der Waals surface area contributed by atoms with Gasteiger partial charge >= 0.3 is 0 Å². The molecule has 6 nitrogen and oxygen atoms in total. The van der Waals surface area contributed by atoms with Crippen LogP contribution in [0.25, 0.3) is 10.2 Å². The van der Waals surface area contributed by atoms with Crippen molar-refractivity contribution >= 4 is 43.9 Å². The molecule has 1 aromatic heterocycles. The van der Waals surface area contributed by atoms with E-state index in [0.29, 0.717) is 16.6 Å². The molecule has 0 aliphatic rings. The third-order valence-electron chi connectivity index (χ3n) is 2.67. The summed E-state index contributed by atoms with van der Waals surface area (Å²) in [6, 6.07) is 5.19. The van der Waals surface area contributed by atoms with Crippen LogP contribution in [0.15, 0.2) is 22.5 Å². The normalized spacial score (nSPS) is 14.0. The number of nitrogens with one attached hydrogen (secondary N) is 1. The second-order valence-corrected chi connectivity index (χ2v) is 7.28. The summed E-state index contributed by atoms with van der Waals surface area (Å²) in [5.74, 6) is -0.389. The number of hydrogen-bond acceptors (Lipinski definition) is 6. The largest absolute Gasteiger partial charge is 0.399 e. The van der Waals surface area contributed by atoms with Gasteiger partial charge in [-0.1, -0.05) is 0 Å². The summed E-state index contributed by atoms with van der Waals surface area (Å²) in [6.07, 6.45) is 0. The van der Waals surface area contributed by atoms with Gasteiger partial charge in [0, 0.05) is 18.8 Å². The van der Waals surface area contributed by atoms with E-state index in [1.807, 2.05) is 6.92 Å². The Balaban J connectivity index is 2.03. The fourth-order valence-electron chi connectivity index (χ4n) is 1.81. The minimum atomic E-state index is -1.46. The first-order chi connectivity index (χ1) is 9.99. The number of rotatable bonds is 6. The van der Waals surface area contributed by atoms with Crippen LogP contribution in [0.2, 0.25) is 0 Å². The van der Waals surface area contributed by atoms with Crippen LogP contribution in [0.4, 0.5) is 5.69 Å². The molecule has 0 radical (unpaired) electrons. The molecule has 1 heterocycles. The highest BCUT2D eigenvalue weighted by molar-refractivity contribution is 7.88. The van der Waals surface area contributed by atoms with E-state index in [9.17, 15) is 9.00 Å². The second kappa shape index (κ2) is 6.97. The van der Waals surface area contributed by atoms with Crippen molar-refractivity contribution in [3.63, 3.8) is 0 Å². The van der Waals surface area contributed by atoms with E-state index in [-0.39, 0.29) is 17.7 Å². The van der Waals surface area contributed by atoms with Crippen molar-refractivity contribution in [1.29, 1.82) is 0 Å². The van der Waals surface area contributed by atoms with Crippen LogP contribution in [0, 0.1) is 0 Å². The maximum absolute atomic E-state index is 12.2. The first-order valence-corrected chi connectivity index (χ1v) is 8.46. The number of nitrogens with zero attached hydrogens (tertiary/aromatic N) is 1. The van der Waals surface area contributed by atoms with Crippen LogP contribution in [-0.2, 0) is 20.3 Å². The van der Waals surface area contributed by atoms with E-state index in [4.69, 9.17) is 10.5 Å². The fraction of sp³-hybridized carbons (Fsp3) is 0.385. The summed E-state index contributed by atoms with van der Waals surface area (Å²) in [5, 5.41) is 2.72. The predicted molar refractivity (Wildman–Crippen MR) is 84.8 cm³/mol. The van der Waals surface area contributed by atoms with Crippen LogP contribution >= 0.6 is 11.3 Å². The zero-order chi connectivity index (χ0) is 15.4. The van der Waals surface area contributed by atoms with Gasteiger partial charge in [0.25, 0.3) is 0 Å². The Labute approximate surface area is 129 Å². The van der Waals surface area contributed by atoms with Crippen LogP contribution in [0.3, 0.4) is 0 Å². The van der Waals surface area contributed by atoms with E-state index in [2.05, 4.69) is 10.3 Å². The quantitative estimate of drug-likeness (QED) is 0.776. The lowest BCUT2D eigenvalue weighted by atomic mass is 10.3. The molecule has 0 aliphatic carbocycles. The van der Waals surface area contributed by atoms with Gasteiger partial charge in [0.05, 0.1) is 27.6 Å². The van der Waals surface area contributed by atoms with Gasteiger partial charge in [0.2, 0.25) is 5.91 Å². The number of carbonyl (C=O) groups is 1. The molecular weight excluding hydrogens is 310 g/mol. The highest BCUT2D eigenvalue weighted by Gasteiger charge is 2.16.